The number of sulfone groups is 1. The highest BCUT2D eigenvalue weighted by Gasteiger charge is 2.33. The number of amides is 1. The average molecular weight is 408 g/mol. The van der Waals surface area contributed by atoms with E-state index >= 15 is 0 Å². The summed E-state index contributed by atoms with van der Waals surface area (Å²) >= 11 is 1.36. The van der Waals surface area contributed by atoms with Crippen LogP contribution in [-0.4, -0.2) is 56.9 Å². The van der Waals surface area contributed by atoms with Crippen molar-refractivity contribution in [1.82, 2.24) is 25.1 Å². The van der Waals surface area contributed by atoms with Crippen LogP contribution in [0.15, 0.2) is 29.7 Å². The van der Waals surface area contributed by atoms with Crippen molar-refractivity contribution in [3.8, 4) is 11.4 Å². The Morgan fingerprint density at radius 3 is 2.63 bits per heavy atom. The van der Waals surface area contributed by atoms with Gasteiger partial charge in [-0.15, -0.1) is 10.2 Å². The highest BCUT2D eigenvalue weighted by Crippen LogP contribution is 2.41. The molecule has 0 bridgehead atoms. The molecule has 2 aliphatic rings. The lowest BCUT2D eigenvalue weighted by molar-refractivity contribution is -0.120. The molecule has 0 unspecified atom stereocenters. The molecule has 4 rings (SSSR count). The minimum absolute atomic E-state index is 0.0283. The predicted octanol–water partition coefficient (Wildman–Crippen LogP) is 1.46. The summed E-state index contributed by atoms with van der Waals surface area (Å²) in [5.74, 6) is 0.792. The SMILES string of the molecule is C[C@H](Sc1nnc(-c2ccncc2)n1C1CC1)C(=O)N[C@@H]1CCS(=O)(=O)C1. The summed E-state index contributed by atoms with van der Waals surface area (Å²) in [5, 5.41) is 11.8. The lowest BCUT2D eigenvalue weighted by Crippen LogP contribution is -2.40. The Labute approximate surface area is 162 Å². The molecule has 3 heterocycles. The summed E-state index contributed by atoms with van der Waals surface area (Å²) in [6.45, 7) is 1.81. The molecule has 1 saturated carbocycles. The first-order chi connectivity index (χ1) is 12.9. The maximum atomic E-state index is 12.5. The van der Waals surface area contributed by atoms with E-state index in [1.54, 1.807) is 12.4 Å². The van der Waals surface area contributed by atoms with E-state index in [9.17, 15) is 13.2 Å². The standard InChI is InChI=1S/C17H21N5O3S2/c1-11(16(23)19-13-6-9-27(24,25)10-13)26-17-21-20-15(22(17)14-2-3-14)12-4-7-18-8-5-12/h4-5,7-8,11,13-14H,2-3,6,9-10H2,1H3,(H,19,23)/t11-,13+/m0/s1. The molecule has 0 aromatic carbocycles. The highest BCUT2D eigenvalue weighted by molar-refractivity contribution is 8.00. The zero-order chi connectivity index (χ0) is 19.0. The van der Waals surface area contributed by atoms with Crippen LogP contribution in [0, 0.1) is 0 Å². The minimum atomic E-state index is -3.02. The Morgan fingerprint density at radius 2 is 2.00 bits per heavy atom. The van der Waals surface area contributed by atoms with Gasteiger partial charge in [-0.25, -0.2) is 8.42 Å². The van der Waals surface area contributed by atoms with Crippen molar-refractivity contribution in [3.05, 3.63) is 24.5 Å². The average Bonchev–Trinajstić information content (AvgIpc) is 3.31. The number of carbonyl (C=O) groups excluding carboxylic acids is 1. The maximum Gasteiger partial charge on any atom is 0.233 e. The summed E-state index contributed by atoms with van der Waals surface area (Å²) in [6.07, 6.45) is 6.07. The fraction of sp³-hybridized carbons (Fsp3) is 0.529. The molecule has 0 spiro atoms. The minimum Gasteiger partial charge on any atom is -0.351 e. The van der Waals surface area contributed by atoms with E-state index in [4.69, 9.17) is 0 Å². The number of carbonyl (C=O) groups is 1. The highest BCUT2D eigenvalue weighted by atomic mass is 32.2. The number of hydrogen-bond donors (Lipinski definition) is 1. The van der Waals surface area contributed by atoms with Gasteiger partial charge >= 0.3 is 0 Å². The molecular formula is C17H21N5O3S2. The van der Waals surface area contributed by atoms with Gasteiger partial charge in [0, 0.05) is 30.0 Å². The molecule has 2 aromatic rings. The van der Waals surface area contributed by atoms with Crippen molar-refractivity contribution in [2.75, 3.05) is 11.5 Å². The van der Waals surface area contributed by atoms with Crippen molar-refractivity contribution in [2.45, 2.75) is 48.7 Å². The topological polar surface area (TPSA) is 107 Å². The van der Waals surface area contributed by atoms with E-state index in [0.29, 0.717) is 17.6 Å². The summed E-state index contributed by atoms with van der Waals surface area (Å²) in [5.41, 5.74) is 0.949. The van der Waals surface area contributed by atoms with Crippen LogP contribution in [0.5, 0.6) is 0 Å². The number of aromatic nitrogens is 4. The van der Waals surface area contributed by atoms with Gasteiger partial charge in [-0.1, -0.05) is 11.8 Å². The molecule has 1 aliphatic heterocycles. The van der Waals surface area contributed by atoms with Gasteiger partial charge in [-0.05, 0) is 38.3 Å². The summed E-state index contributed by atoms with van der Waals surface area (Å²) in [4.78, 5) is 16.5. The van der Waals surface area contributed by atoms with Crippen LogP contribution in [0.4, 0.5) is 0 Å². The van der Waals surface area contributed by atoms with E-state index in [2.05, 4.69) is 25.1 Å². The van der Waals surface area contributed by atoms with Crippen molar-refractivity contribution in [2.24, 2.45) is 0 Å². The number of nitrogens with one attached hydrogen (secondary N) is 1. The zero-order valence-electron chi connectivity index (χ0n) is 14.9. The molecule has 2 aromatic heterocycles. The Morgan fingerprint density at radius 1 is 1.26 bits per heavy atom. The van der Waals surface area contributed by atoms with E-state index in [-0.39, 0.29) is 28.7 Å². The van der Waals surface area contributed by atoms with Gasteiger partial charge in [0.1, 0.15) is 0 Å². The molecule has 1 saturated heterocycles. The monoisotopic (exact) mass is 407 g/mol. The van der Waals surface area contributed by atoms with Crippen LogP contribution in [0.3, 0.4) is 0 Å². The largest absolute Gasteiger partial charge is 0.351 e. The lowest BCUT2D eigenvalue weighted by Gasteiger charge is -2.16. The van der Waals surface area contributed by atoms with Crippen LogP contribution < -0.4 is 5.32 Å². The molecule has 8 nitrogen and oxygen atoms in total. The van der Waals surface area contributed by atoms with Crippen molar-refractivity contribution >= 4 is 27.5 Å². The summed E-state index contributed by atoms with van der Waals surface area (Å²) in [6, 6.07) is 3.86. The molecule has 27 heavy (non-hydrogen) atoms. The first kappa shape index (κ1) is 18.4. The molecule has 144 valence electrons. The van der Waals surface area contributed by atoms with Gasteiger partial charge in [-0.3, -0.25) is 14.3 Å². The third-order valence-electron chi connectivity index (χ3n) is 4.75. The number of rotatable bonds is 6. The maximum absolute atomic E-state index is 12.5. The number of hydrogen-bond acceptors (Lipinski definition) is 7. The number of pyridine rings is 1. The Balaban J connectivity index is 1.48. The van der Waals surface area contributed by atoms with E-state index in [1.807, 2.05) is 19.1 Å². The van der Waals surface area contributed by atoms with Gasteiger partial charge in [0.15, 0.2) is 20.8 Å². The molecule has 2 fully saturated rings. The first-order valence-electron chi connectivity index (χ1n) is 8.96. The molecular weight excluding hydrogens is 386 g/mol. The number of nitrogens with zero attached hydrogens (tertiary/aromatic N) is 4. The second-order valence-electron chi connectivity index (χ2n) is 7.01. The van der Waals surface area contributed by atoms with Gasteiger partial charge in [0.05, 0.1) is 16.8 Å². The van der Waals surface area contributed by atoms with E-state index in [1.165, 1.54) is 11.8 Å². The molecule has 0 radical (unpaired) electrons. The normalized spacial score (nSPS) is 22.5. The van der Waals surface area contributed by atoms with Crippen LogP contribution in [-0.2, 0) is 14.6 Å². The van der Waals surface area contributed by atoms with Crippen LogP contribution >= 0.6 is 11.8 Å². The third-order valence-corrected chi connectivity index (χ3v) is 7.57. The summed E-state index contributed by atoms with van der Waals surface area (Å²) < 4.78 is 25.2. The van der Waals surface area contributed by atoms with E-state index in [0.717, 1.165) is 24.2 Å². The second-order valence-corrected chi connectivity index (χ2v) is 10.5. The zero-order valence-corrected chi connectivity index (χ0v) is 16.5. The molecule has 1 aliphatic carbocycles. The fourth-order valence-electron chi connectivity index (χ4n) is 3.16. The molecule has 1 amide bonds. The van der Waals surface area contributed by atoms with Crippen molar-refractivity contribution in [3.63, 3.8) is 0 Å². The van der Waals surface area contributed by atoms with Crippen molar-refractivity contribution < 1.29 is 13.2 Å². The Kier molecular flexibility index (Phi) is 4.94. The molecule has 1 N–H and O–H groups in total. The Bertz CT molecular complexity index is 941. The quantitative estimate of drug-likeness (QED) is 0.722. The molecule has 2 atom stereocenters. The fourth-order valence-corrected chi connectivity index (χ4v) is 5.76. The van der Waals surface area contributed by atoms with Gasteiger partial charge in [0.2, 0.25) is 5.91 Å². The molecule has 10 heteroatoms. The first-order valence-corrected chi connectivity index (χ1v) is 11.7. The smallest absolute Gasteiger partial charge is 0.233 e. The second kappa shape index (κ2) is 7.23. The van der Waals surface area contributed by atoms with Crippen LogP contribution in [0.2, 0.25) is 0 Å². The van der Waals surface area contributed by atoms with Crippen molar-refractivity contribution in [1.29, 1.82) is 0 Å². The predicted molar refractivity (Wildman–Crippen MR) is 102 cm³/mol. The van der Waals surface area contributed by atoms with Crippen LogP contribution in [0.25, 0.3) is 11.4 Å². The van der Waals surface area contributed by atoms with Gasteiger partial charge in [0.25, 0.3) is 0 Å². The third kappa shape index (κ3) is 4.16. The summed E-state index contributed by atoms with van der Waals surface area (Å²) in [7, 11) is -3.02. The van der Waals surface area contributed by atoms with Gasteiger partial charge < -0.3 is 5.32 Å². The van der Waals surface area contributed by atoms with E-state index < -0.39 is 9.84 Å². The lowest BCUT2D eigenvalue weighted by atomic mass is 10.2. The number of thioether (sulfide) groups is 1. The van der Waals surface area contributed by atoms with Crippen LogP contribution in [0.1, 0.15) is 32.2 Å². The Hall–Kier alpha value is -1.94. The van der Waals surface area contributed by atoms with Gasteiger partial charge in [-0.2, -0.15) is 0 Å².